The second-order valence-electron chi connectivity index (χ2n) is 5.29. The molecule has 2 aliphatic heterocycles. The van der Waals surface area contributed by atoms with E-state index in [4.69, 9.17) is 15.2 Å². The third-order valence-electron chi connectivity index (χ3n) is 3.96. The van der Waals surface area contributed by atoms with Crippen molar-refractivity contribution in [2.75, 3.05) is 36.9 Å². The van der Waals surface area contributed by atoms with Crippen LogP contribution in [0.15, 0.2) is 12.1 Å². The van der Waals surface area contributed by atoms with Gasteiger partial charge in [-0.2, -0.15) is 0 Å². The van der Waals surface area contributed by atoms with Crippen molar-refractivity contribution in [1.82, 2.24) is 0 Å². The van der Waals surface area contributed by atoms with Crippen LogP contribution < -0.4 is 10.6 Å². The fourth-order valence-corrected chi connectivity index (χ4v) is 3.00. The van der Waals surface area contributed by atoms with Gasteiger partial charge in [0.25, 0.3) is 0 Å². The highest BCUT2D eigenvalue weighted by molar-refractivity contribution is 6.00. The fraction of sp³-hybridized carbons (Fsp3) is 0.500. The molecule has 0 atom stereocenters. The minimum Gasteiger partial charge on any atom is -0.478 e. The number of nitrogen functional groups attached to an aromatic ring is 1. The van der Waals surface area contributed by atoms with Gasteiger partial charge in [0.15, 0.2) is 5.79 Å². The van der Waals surface area contributed by atoms with Crippen LogP contribution in [0.3, 0.4) is 0 Å². The summed E-state index contributed by atoms with van der Waals surface area (Å²) in [6.45, 7) is 2.13. The number of anilines is 2. The molecule has 0 unspecified atom stereocenters. The molecule has 3 rings (SSSR count). The van der Waals surface area contributed by atoms with Crippen molar-refractivity contribution >= 4 is 17.3 Å². The Bertz CT molecular complexity index is 572. The Hall–Kier alpha value is -1.86. The number of benzene rings is 1. The number of nitrogens with zero attached hydrogens (tertiary/aromatic N) is 1. The van der Waals surface area contributed by atoms with E-state index in [0.717, 1.165) is 12.8 Å². The van der Waals surface area contributed by atoms with Gasteiger partial charge >= 0.3 is 5.97 Å². The molecule has 2 aliphatic rings. The average molecular weight is 296 g/mol. The van der Waals surface area contributed by atoms with Gasteiger partial charge in [0, 0.05) is 13.0 Å². The van der Waals surface area contributed by atoms with Crippen LogP contribution in [-0.2, 0) is 9.47 Å². The topological polar surface area (TPSA) is 85.0 Å². The Morgan fingerprint density at radius 1 is 1.38 bits per heavy atom. The standard InChI is InChI=1S/C14H17FN2O4/c15-9-2-3-10(11(12(9)16)13(18)19)17-5-1-4-14(8-17)20-6-7-21-14/h2-3H,1,4-8,16H2,(H,18,19). The van der Waals surface area contributed by atoms with Crippen LogP contribution in [0.1, 0.15) is 23.2 Å². The van der Waals surface area contributed by atoms with Crippen LogP contribution in [0.5, 0.6) is 0 Å². The molecule has 2 saturated heterocycles. The lowest BCUT2D eigenvalue weighted by molar-refractivity contribution is -0.161. The second-order valence-corrected chi connectivity index (χ2v) is 5.29. The number of hydrogen-bond donors (Lipinski definition) is 2. The minimum atomic E-state index is -1.24. The normalized spacial score (nSPS) is 20.9. The molecule has 21 heavy (non-hydrogen) atoms. The zero-order valence-corrected chi connectivity index (χ0v) is 11.5. The maximum Gasteiger partial charge on any atom is 0.340 e. The summed E-state index contributed by atoms with van der Waals surface area (Å²) in [4.78, 5) is 13.3. The molecule has 2 fully saturated rings. The van der Waals surface area contributed by atoms with Crippen molar-refractivity contribution in [3.63, 3.8) is 0 Å². The molecule has 3 N–H and O–H groups in total. The van der Waals surface area contributed by atoms with Crippen molar-refractivity contribution in [2.24, 2.45) is 0 Å². The van der Waals surface area contributed by atoms with Crippen molar-refractivity contribution in [2.45, 2.75) is 18.6 Å². The van der Waals surface area contributed by atoms with Crippen LogP contribution in [0.2, 0.25) is 0 Å². The monoisotopic (exact) mass is 296 g/mol. The van der Waals surface area contributed by atoms with E-state index in [1.165, 1.54) is 12.1 Å². The van der Waals surface area contributed by atoms with Gasteiger partial charge in [0.1, 0.15) is 11.4 Å². The summed E-state index contributed by atoms with van der Waals surface area (Å²) in [5, 5.41) is 9.32. The summed E-state index contributed by atoms with van der Waals surface area (Å²) >= 11 is 0. The van der Waals surface area contributed by atoms with Gasteiger partial charge in [0.2, 0.25) is 0 Å². The van der Waals surface area contributed by atoms with Gasteiger partial charge in [-0.3, -0.25) is 0 Å². The molecular weight excluding hydrogens is 279 g/mol. The number of nitrogens with two attached hydrogens (primary N) is 1. The first-order valence-electron chi connectivity index (χ1n) is 6.86. The number of aromatic carboxylic acids is 1. The second kappa shape index (κ2) is 5.16. The first-order chi connectivity index (χ1) is 10.0. The molecule has 0 aromatic heterocycles. The number of ether oxygens (including phenoxy) is 2. The third kappa shape index (κ3) is 2.43. The summed E-state index contributed by atoms with van der Waals surface area (Å²) in [5.41, 5.74) is 5.45. The van der Waals surface area contributed by atoms with E-state index in [-0.39, 0.29) is 11.3 Å². The van der Waals surface area contributed by atoms with Gasteiger partial charge in [-0.05, 0) is 18.6 Å². The molecule has 114 valence electrons. The van der Waals surface area contributed by atoms with Gasteiger partial charge < -0.3 is 25.2 Å². The minimum absolute atomic E-state index is 0.204. The molecule has 0 aliphatic carbocycles. The van der Waals surface area contributed by atoms with Crippen molar-refractivity contribution in [1.29, 1.82) is 0 Å². The SMILES string of the molecule is Nc1c(F)ccc(N2CCCC3(C2)OCCO3)c1C(=O)O. The Labute approximate surface area is 121 Å². The highest BCUT2D eigenvalue weighted by Gasteiger charge is 2.41. The molecule has 1 aromatic carbocycles. The van der Waals surface area contributed by atoms with Gasteiger partial charge in [-0.1, -0.05) is 0 Å². The molecule has 6 nitrogen and oxygen atoms in total. The van der Waals surface area contributed by atoms with E-state index in [2.05, 4.69) is 0 Å². The number of halogens is 1. The van der Waals surface area contributed by atoms with Crippen LogP contribution in [-0.4, -0.2) is 43.2 Å². The van der Waals surface area contributed by atoms with E-state index in [1.54, 1.807) is 0 Å². The lowest BCUT2D eigenvalue weighted by Crippen LogP contribution is -2.49. The number of rotatable bonds is 2. The average Bonchev–Trinajstić information content (AvgIpc) is 2.89. The van der Waals surface area contributed by atoms with E-state index in [9.17, 15) is 14.3 Å². The third-order valence-corrected chi connectivity index (χ3v) is 3.96. The number of carbonyl (C=O) groups is 1. The van der Waals surface area contributed by atoms with E-state index in [1.807, 2.05) is 4.90 Å². The van der Waals surface area contributed by atoms with E-state index >= 15 is 0 Å². The van der Waals surface area contributed by atoms with Crippen LogP contribution in [0, 0.1) is 5.82 Å². The number of carboxylic acids is 1. The first kappa shape index (κ1) is 14.1. The Balaban J connectivity index is 1.96. The van der Waals surface area contributed by atoms with E-state index in [0.29, 0.717) is 32.0 Å². The Morgan fingerprint density at radius 2 is 2.10 bits per heavy atom. The smallest absolute Gasteiger partial charge is 0.340 e. The number of carboxylic acid groups (broad SMARTS) is 1. The molecule has 1 aromatic rings. The molecule has 0 saturated carbocycles. The first-order valence-corrected chi connectivity index (χ1v) is 6.86. The zero-order valence-electron chi connectivity index (χ0n) is 11.5. The molecule has 1 spiro atoms. The highest BCUT2D eigenvalue weighted by Crippen LogP contribution is 2.35. The largest absolute Gasteiger partial charge is 0.478 e. The number of hydrogen-bond acceptors (Lipinski definition) is 5. The predicted molar refractivity (Wildman–Crippen MR) is 73.9 cm³/mol. The van der Waals surface area contributed by atoms with Crippen molar-refractivity contribution in [3.05, 3.63) is 23.5 Å². The molecule has 2 heterocycles. The molecule has 7 heteroatoms. The predicted octanol–water partition coefficient (Wildman–Crippen LogP) is 1.45. The van der Waals surface area contributed by atoms with E-state index < -0.39 is 17.6 Å². The van der Waals surface area contributed by atoms with Crippen molar-refractivity contribution < 1.29 is 23.8 Å². The summed E-state index contributed by atoms with van der Waals surface area (Å²) in [5.74, 6) is -2.65. The van der Waals surface area contributed by atoms with Crippen molar-refractivity contribution in [3.8, 4) is 0 Å². The number of piperidine rings is 1. The summed E-state index contributed by atoms with van der Waals surface area (Å²) in [6.07, 6.45) is 1.57. The summed E-state index contributed by atoms with van der Waals surface area (Å²) < 4.78 is 24.9. The Morgan fingerprint density at radius 3 is 2.76 bits per heavy atom. The van der Waals surface area contributed by atoms with Gasteiger partial charge in [0.05, 0.1) is 31.1 Å². The molecule has 0 radical (unpaired) electrons. The zero-order chi connectivity index (χ0) is 15.0. The van der Waals surface area contributed by atoms with Crippen LogP contribution in [0.4, 0.5) is 15.8 Å². The Kier molecular flexibility index (Phi) is 3.46. The van der Waals surface area contributed by atoms with Crippen LogP contribution >= 0.6 is 0 Å². The van der Waals surface area contributed by atoms with Gasteiger partial charge in [-0.15, -0.1) is 0 Å². The van der Waals surface area contributed by atoms with Crippen LogP contribution in [0.25, 0.3) is 0 Å². The quantitative estimate of drug-likeness (QED) is 0.804. The maximum atomic E-state index is 13.5. The summed E-state index contributed by atoms with van der Waals surface area (Å²) in [7, 11) is 0. The van der Waals surface area contributed by atoms with Gasteiger partial charge in [-0.25, -0.2) is 9.18 Å². The lowest BCUT2D eigenvalue weighted by atomic mass is 10.0. The lowest BCUT2D eigenvalue weighted by Gasteiger charge is -2.40. The highest BCUT2D eigenvalue weighted by atomic mass is 19.1. The molecule has 0 bridgehead atoms. The molecule has 0 amide bonds. The maximum absolute atomic E-state index is 13.5. The summed E-state index contributed by atoms with van der Waals surface area (Å²) in [6, 6.07) is 2.64. The molecular formula is C14H17FN2O4. The fourth-order valence-electron chi connectivity index (χ4n) is 3.00.